The Morgan fingerprint density at radius 2 is 1.48 bits per heavy atom. The molecular weight excluding hydrogens is 622 g/mol. The number of anilines is 1. The van der Waals surface area contributed by atoms with E-state index in [0.717, 1.165) is 48.7 Å². The number of ether oxygens (including phenoxy) is 3. The Balaban J connectivity index is 1.03. The monoisotopic (exact) mass is 667 g/mol. The molecule has 50 heavy (non-hydrogen) atoms. The molecule has 1 saturated heterocycles. The summed E-state index contributed by atoms with van der Waals surface area (Å²) < 4.78 is 17.9. The van der Waals surface area contributed by atoms with Crippen LogP contribution in [0.1, 0.15) is 66.8 Å². The van der Waals surface area contributed by atoms with Gasteiger partial charge in [-0.2, -0.15) is 0 Å². The number of nitrogens with zero attached hydrogens (tertiary/aromatic N) is 3. The smallest absolute Gasteiger partial charge is 0.410 e. The topological polar surface area (TPSA) is 64.1 Å². The Hall–Kier alpha value is -5.30. The third-order valence-electron chi connectivity index (χ3n) is 9.53. The van der Waals surface area contributed by atoms with Crippen molar-refractivity contribution in [3.63, 3.8) is 0 Å². The molecule has 0 N–H and O–H groups in total. The molecule has 2 heterocycles. The van der Waals surface area contributed by atoms with Gasteiger partial charge >= 0.3 is 6.09 Å². The molecule has 4 aromatic carbocycles. The molecule has 7 rings (SSSR count). The highest BCUT2D eigenvalue weighted by Crippen LogP contribution is 2.47. The number of pyridine rings is 1. The summed E-state index contributed by atoms with van der Waals surface area (Å²) in [6.45, 7) is 8.89. The largest absolute Gasteiger partial charge is 0.489 e. The average Bonchev–Trinajstić information content (AvgIpc) is 3.14. The zero-order valence-corrected chi connectivity index (χ0v) is 29.1. The number of carbonyl (C=O) groups excluding carboxylic acids is 1. The first kappa shape index (κ1) is 33.2. The van der Waals surface area contributed by atoms with E-state index in [1.807, 2.05) is 57.3 Å². The maximum atomic E-state index is 12.4. The van der Waals surface area contributed by atoms with Gasteiger partial charge in [0.2, 0.25) is 5.88 Å². The summed E-state index contributed by atoms with van der Waals surface area (Å²) in [4.78, 5) is 21.1. The van der Waals surface area contributed by atoms with Gasteiger partial charge in [0.1, 0.15) is 23.7 Å². The van der Waals surface area contributed by atoms with Gasteiger partial charge in [-0.3, -0.25) is 0 Å². The first-order chi connectivity index (χ1) is 24.3. The number of aromatic nitrogens is 1. The van der Waals surface area contributed by atoms with Crippen LogP contribution in [0, 0.1) is 0 Å². The predicted octanol–water partition coefficient (Wildman–Crippen LogP) is 9.37. The number of carbonyl (C=O) groups is 1. The van der Waals surface area contributed by atoms with Gasteiger partial charge in [0.15, 0.2) is 0 Å². The summed E-state index contributed by atoms with van der Waals surface area (Å²) in [6.07, 6.45) is 3.66. The van der Waals surface area contributed by atoms with Crippen LogP contribution < -0.4 is 14.4 Å². The second-order valence-corrected chi connectivity index (χ2v) is 14.1. The fourth-order valence-corrected chi connectivity index (χ4v) is 7.06. The molecule has 1 amide bonds. The van der Waals surface area contributed by atoms with Crippen molar-refractivity contribution in [2.75, 3.05) is 31.1 Å². The van der Waals surface area contributed by atoms with Crippen LogP contribution in [-0.2, 0) is 17.8 Å². The molecule has 1 unspecified atom stereocenters. The molecule has 7 nitrogen and oxygen atoms in total. The lowest BCUT2D eigenvalue weighted by Crippen LogP contribution is -2.50. The molecule has 2 aliphatic rings. The Kier molecular flexibility index (Phi) is 9.74. The van der Waals surface area contributed by atoms with Crippen LogP contribution in [0.2, 0.25) is 0 Å². The summed E-state index contributed by atoms with van der Waals surface area (Å²) in [6, 6.07) is 40.2. The summed E-state index contributed by atoms with van der Waals surface area (Å²) >= 11 is 0. The molecule has 0 bridgehead atoms. The van der Waals surface area contributed by atoms with Crippen LogP contribution in [-0.4, -0.2) is 47.8 Å². The highest BCUT2D eigenvalue weighted by Gasteiger charge is 2.32. The van der Waals surface area contributed by atoms with Gasteiger partial charge < -0.3 is 24.0 Å². The van der Waals surface area contributed by atoms with Crippen molar-refractivity contribution in [3.05, 3.63) is 149 Å². The van der Waals surface area contributed by atoms with Crippen molar-refractivity contribution < 1.29 is 19.0 Å². The minimum atomic E-state index is -0.497. The van der Waals surface area contributed by atoms with Crippen molar-refractivity contribution in [2.45, 2.75) is 57.7 Å². The maximum Gasteiger partial charge on any atom is 0.410 e. The quantitative estimate of drug-likeness (QED) is 0.164. The second-order valence-electron chi connectivity index (χ2n) is 14.1. The van der Waals surface area contributed by atoms with Crippen LogP contribution in [0.25, 0.3) is 0 Å². The molecule has 1 aliphatic heterocycles. The average molecular weight is 668 g/mol. The van der Waals surface area contributed by atoms with Crippen LogP contribution in [0.15, 0.2) is 121 Å². The van der Waals surface area contributed by atoms with E-state index in [9.17, 15) is 4.79 Å². The zero-order chi connectivity index (χ0) is 34.5. The number of benzene rings is 4. The van der Waals surface area contributed by atoms with Crippen molar-refractivity contribution in [1.29, 1.82) is 0 Å². The predicted molar refractivity (Wildman–Crippen MR) is 197 cm³/mol. The fraction of sp³-hybridized carbons (Fsp3) is 0.302. The molecule has 5 aromatic rings. The van der Waals surface area contributed by atoms with E-state index in [1.165, 1.54) is 22.3 Å². The number of hydrogen-bond donors (Lipinski definition) is 0. The van der Waals surface area contributed by atoms with Crippen LogP contribution in [0.4, 0.5) is 10.5 Å². The van der Waals surface area contributed by atoms with Gasteiger partial charge in [-0.1, -0.05) is 78.9 Å². The van der Waals surface area contributed by atoms with E-state index >= 15 is 0 Å². The van der Waals surface area contributed by atoms with Gasteiger partial charge in [-0.05, 0) is 97.7 Å². The number of rotatable bonds is 8. The molecule has 1 aromatic heterocycles. The van der Waals surface area contributed by atoms with Gasteiger partial charge in [-0.15, -0.1) is 0 Å². The molecule has 2 atom stereocenters. The first-order valence-electron chi connectivity index (χ1n) is 17.6. The minimum Gasteiger partial charge on any atom is -0.489 e. The van der Waals surface area contributed by atoms with Gasteiger partial charge in [0.05, 0.1) is 11.9 Å². The summed E-state index contributed by atoms with van der Waals surface area (Å²) in [7, 11) is 0. The van der Waals surface area contributed by atoms with E-state index in [4.69, 9.17) is 14.2 Å². The second kappa shape index (κ2) is 14.7. The lowest BCUT2D eigenvalue weighted by Gasteiger charge is -2.36. The SMILES string of the molecule is CC(C)(C)OC(=O)N1CCN(c2ccc(Oc3ccc([C@@H]4c5ccc(OCc6ccccc6)cc5CCC4c4ccccc4)cc3)nc2)CC1. The lowest BCUT2D eigenvalue weighted by atomic mass is 9.69. The maximum absolute atomic E-state index is 12.4. The fourth-order valence-electron chi connectivity index (χ4n) is 7.06. The number of amides is 1. The third kappa shape index (κ3) is 7.94. The number of hydrogen-bond acceptors (Lipinski definition) is 6. The standard InChI is InChI=1S/C43H45N3O4/c1-43(2,3)50-42(47)46-26-24-45(25-27-46)35-17-23-40(44-29-35)49-36-18-14-33(15-19-36)41-38(32-12-8-5-9-13-32)21-16-34-28-37(20-22-39(34)41)48-30-31-10-6-4-7-11-31/h4-15,17-20,22-23,28-29,38,41H,16,21,24-27,30H2,1-3H3/t38?,41-/m0/s1. The zero-order valence-electron chi connectivity index (χ0n) is 29.1. The van der Waals surface area contributed by atoms with Gasteiger partial charge in [0.25, 0.3) is 0 Å². The van der Waals surface area contributed by atoms with E-state index in [0.29, 0.717) is 31.5 Å². The van der Waals surface area contributed by atoms with E-state index in [-0.39, 0.29) is 12.0 Å². The summed E-state index contributed by atoms with van der Waals surface area (Å²) in [5.74, 6) is 2.78. The van der Waals surface area contributed by atoms with Gasteiger partial charge in [0, 0.05) is 38.2 Å². The summed E-state index contributed by atoms with van der Waals surface area (Å²) in [5.41, 5.74) is 7.01. The molecule has 0 saturated carbocycles. The van der Waals surface area contributed by atoms with Crippen molar-refractivity contribution >= 4 is 11.8 Å². The van der Waals surface area contributed by atoms with E-state index < -0.39 is 5.60 Å². The van der Waals surface area contributed by atoms with Crippen LogP contribution in [0.5, 0.6) is 17.4 Å². The molecule has 256 valence electrons. The summed E-state index contributed by atoms with van der Waals surface area (Å²) in [5, 5.41) is 0. The molecular formula is C43H45N3O4. The van der Waals surface area contributed by atoms with E-state index in [1.54, 1.807) is 4.90 Å². The van der Waals surface area contributed by atoms with Gasteiger partial charge in [-0.25, -0.2) is 9.78 Å². The normalized spacial score (nSPS) is 17.5. The van der Waals surface area contributed by atoms with Crippen LogP contribution in [0.3, 0.4) is 0 Å². The number of piperazine rings is 1. The number of aryl methyl sites for hydroxylation is 1. The Bertz CT molecular complexity index is 1860. The number of fused-ring (bicyclic) bond motifs is 1. The Morgan fingerprint density at radius 1 is 0.780 bits per heavy atom. The van der Waals surface area contributed by atoms with E-state index in [2.05, 4.69) is 94.8 Å². The van der Waals surface area contributed by atoms with Crippen molar-refractivity contribution in [1.82, 2.24) is 9.88 Å². The minimum absolute atomic E-state index is 0.214. The molecule has 0 radical (unpaired) electrons. The van der Waals surface area contributed by atoms with Crippen molar-refractivity contribution in [2.24, 2.45) is 0 Å². The Labute approximate surface area is 295 Å². The van der Waals surface area contributed by atoms with Crippen molar-refractivity contribution in [3.8, 4) is 17.4 Å². The Morgan fingerprint density at radius 3 is 2.16 bits per heavy atom. The third-order valence-corrected chi connectivity index (χ3v) is 9.53. The lowest BCUT2D eigenvalue weighted by molar-refractivity contribution is 0.0240. The molecule has 7 heteroatoms. The molecule has 1 fully saturated rings. The molecule has 1 aliphatic carbocycles. The molecule has 0 spiro atoms. The first-order valence-corrected chi connectivity index (χ1v) is 17.6. The van der Waals surface area contributed by atoms with Crippen LogP contribution >= 0.6 is 0 Å². The highest BCUT2D eigenvalue weighted by atomic mass is 16.6. The highest BCUT2D eigenvalue weighted by molar-refractivity contribution is 5.68.